The van der Waals surface area contributed by atoms with Crippen molar-refractivity contribution in [1.82, 2.24) is 0 Å². The van der Waals surface area contributed by atoms with Crippen molar-refractivity contribution in [3.63, 3.8) is 0 Å². The summed E-state index contributed by atoms with van der Waals surface area (Å²) >= 11 is 0. The Balaban J connectivity index is 1.90. The second kappa shape index (κ2) is 11.8. The molecular formula is C30H36P+. The quantitative estimate of drug-likeness (QED) is 0.235. The zero-order valence-corrected chi connectivity index (χ0v) is 20.1. The largest absolute Gasteiger partial charge is 0.115 e. The summed E-state index contributed by atoms with van der Waals surface area (Å²) in [6.45, 7) is 6.74. The van der Waals surface area contributed by atoms with E-state index in [1.807, 2.05) is 0 Å². The van der Waals surface area contributed by atoms with E-state index >= 15 is 0 Å². The fraction of sp³-hybridized carbons (Fsp3) is 0.267. The molecule has 0 aliphatic heterocycles. The molecule has 0 aliphatic carbocycles. The molecule has 0 heterocycles. The molecule has 3 aromatic rings. The van der Waals surface area contributed by atoms with Gasteiger partial charge in [0.25, 0.3) is 0 Å². The Kier molecular flexibility index (Phi) is 8.86. The van der Waals surface area contributed by atoms with Crippen LogP contribution in [0.2, 0.25) is 0 Å². The van der Waals surface area contributed by atoms with Crippen LogP contribution in [0.4, 0.5) is 0 Å². The minimum atomic E-state index is -1.74. The third kappa shape index (κ3) is 6.28. The van der Waals surface area contributed by atoms with Crippen molar-refractivity contribution in [1.29, 1.82) is 0 Å². The highest BCUT2D eigenvalue weighted by Crippen LogP contribution is 2.55. The van der Waals surface area contributed by atoms with Gasteiger partial charge in [0.05, 0.1) is 6.16 Å². The number of allylic oxidation sites excluding steroid dienone is 4. The number of hydrogen-bond acceptors (Lipinski definition) is 0. The van der Waals surface area contributed by atoms with Crippen molar-refractivity contribution >= 4 is 23.2 Å². The summed E-state index contributed by atoms with van der Waals surface area (Å²) in [4.78, 5) is 0. The van der Waals surface area contributed by atoms with E-state index in [4.69, 9.17) is 0 Å². The molecule has 1 heteroatoms. The van der Waals surface area contributed by atoms with Crippen molar-refractivity contribution in [2.45, 2.75) is 40.0 Å². The van der Waals surface area contributed by atoms with E-state index in [1.165, 1.54) is 34.3 Å². The maximum absolute atomic E-state index is 2.46. The molecule has 0 nitrogen and oxygen atoms in total. The van der Waals surface area contributed by atoms with Gasteiger partial charge in [0.2, 0.25) is 0 Å². The van der Waals surface area contributed by atoms with Crippen molar-refractivity contribution < 1.29 is 0 Å². The molecule has 0 spiro atoms. The van der Waals surface area contributed by atoms with Gasteiger partial charge in [-0.25, -0.2) is 0 Å². The minimum Gasteiger partial charge on any atom is -0.0859 e. The van der Waals surface area contributed by atoms with Crippen molar-refractivity contribution in [3.8, 4) is 0 Å². The van der Waals surface area contributed by atoms with Crippen LogP contribution in [0.3, 0.4) is 0 Å². The van der Waals surface area contributed by atoms with E-state index in [0.717, 1.165) is 12.6 Å². The normalized spacial score (nSPS) is 12.6. The van der Waals surface area contributed by atoms with Crippen LogP contribution in [0, 0.1) is 5.92 Å². The highest BCUT2D eigenvalue weighted by Gasteiger charge is 2.43. The molecule has 3 rings (SSSR count). The molecule has 0 radical (unpaired) electrons. The Morgan fingerprint density at radius 3 is 1.58 bits per heavy atom. The lowest BCUT2D eigenvalue weighted by Crippen LogP contribution is -2.32. The maximum Gasteiger partial charge on any atom is 0.115 e. The van der Waals surface area contributed by atoms with E-state index in [2.05, 4.69) is 130 Å². The number of rotatable bonds is 10. The summed E-state index contributed by atoms with van der Waals surface area (Å²) in [5.41, 5.74) is 1.42. The Morgan fingerprint density at radius 1 is 0.710 bits per heavy atom. The third-order valence-corrected chi connectivity index (χ3v) is 10.2. The van der Waals surface area contributed by atoms with E-state index < -0.39 is 7.26 Å². The SMILES string of the molecule is CC(C)=CCCC(C)C/C=C/C[P+](c1ccccc1)(c1ccccc1)c1ccccc1. The summed E-state index contributed by atoms with van der Waals surface area (Å²) in [5, 5.41) is 4.36. The molecule has 31 heavy (non-hydrogen) atoms. The first-order valence-corrected chi connectivity index (χ1v) is 13.4. The van der Waals surface area contributed by atoms with Crippen LogP contribution in [-0.2, 0) is 0 Å². The Labute approximate surface area is 190 Å². The molecule has 0 aliphatic rings. The summed E-state index contributed by atoms with van der Waals surface area (Å²) in [5.74, 6) is 0.713. The summed E-state index contributed by atoms with van der Waals surface area (Å²) in [6, 6.07) is 33.4. The second-order valence-electron chi connectivity index (χ2n) is 8.67. The van der Waals surface area contributed by atoms with Gasteiger partial charge in [0, 0.05) is 0 Å². The Bertz CT molecular complexity index is 854. The molecule has 0 bridgehead atoms. The van der Waals surface area contributed by atoms with Gasteiger partial charge in [-0.3, -0.25) is 0 Å². The molecular weight excluding hydrogens is 391 g/mol. The van der Waals surface area contributed by atoms with Crippen LogP contribution in [0.25, 0.3) is 0 Å². The molecule has 1 unspecified atom stereocenters. The van der Waals surface area contributed by atoms with E-state index in [-0.39, 0.29) is 0 Å². The Hall–Kier alpha value is -2.43. The first-order chi connectivity index (χ1) is 15.1. The molecule has 3 aromatic carbocycles. The molecule has 0 saturated heterocycles. The van der Waals surface area contributed by atoms with Gasteiger partial charge >= 0.3 is 0 Å². The molecule has 0 amide bonds. The van der Waals surface area contributed by atoms with Gasteiger partial charge in [0.15, 0.2) is 0 Å². The van der Waals surface area contributed by atoms with Crippen LogP contribution in [-0.4, -0.2) is 6.16 Å². The summed E-state index contributed by atoms with van der Waals surface area (Å²) < 4.78 is 0. The van der Waals surface area contributed by atoms with Crippen LogP contribution in [0.15, 0.2) is 115 Å². The molecule has 0 aromatic heterocycles. The van der Waals surface area contributed by atoms with E-state index in [1.54, 1.807) is 0 Å². The average Bonchev–Trinajstić information content (AvgIpc) is 2.81. The van der Waals surface area contributed by atoms with Gasteiger partial charge in [-0.05, 0) is 75.4 Å². The third-order valence-electron chi connectivity index (χ3n) is 5.89. The minimum absolute atomic E-state index is 0.713. The lowest BCUT2D eigenvalue weighted by molar-refractivity contribution is 0.545. The number of hydrogen-bond donors (Lipinski definition) is 0. The molecule has 1 atom stereocenters. The lowest BCUT2D eigenvalue weighted by atomic mass is 10.0. The van der Waals surface area contributed by atoms with Gasteiger partial charge in [-0.2, -0.15) is 0 Å². The predicted molar refractivity (Wildman–Crippen MR) is 142 cm³/mol. The van der Waals surface area contributed by atoms with Crippen molar-refractivity contribution in [2.24, 2.45) is 5.92 Å². The van der Waals surface area contributed by atoms with Gasteiger partial charge in [-0.1, -0.05) is 85.3 Å². The first-order valence-electron chi connectivity index (χ1n) is 11.5. The van der Waals surface area contributed by atoms with E-state index in [9.17, 15) is 0 Å². The first kappa shape index (κ1) is 23.2. The summed E-state index contributed by atoms with van der Waals surface area (Å²) in [6.07, 6.45) is 11.9. The number of benzene rings is 3. The van der Waals surface area contributed by atoms with Gasteiger partial charge < -0.3 is 0 Å². The zero-order valence-electron chi connectivity index (χ0n) is 19.2. The fourth-order valence-corrected chi connectivity index (χ4v) is 8.18. The van der Waals surface area contributed by atoms with Crippen LogP contribution in [0.1, 0.15) is 40.0 Å². The highest BCUT2D eigenvalue weighted by molar-refractivity contribution is 7.95. The average molecular weight is 428 g/mol. The highest BCUT2D eigenvalue weighted by atomic mass is 31.2. The monoisotopic (exact) mass is 427 g/mol. The summed E-state index contributed by atoms with van der Waals surface area (Å²) in [7, 11) is -1.74. The van der Waals surface area contributed by atoms with Crippen LogP contribution < -0.4 is 15.9 Å². The molecule has 0 saturated carbocycles. The Morgan fingerprint density at radius 2 is 1.16 bits per heavy atom. The smallest absolute Gasteiger partial charge is 0.0859 e. The second-order valence-corrected chi connectivity index (χ2v) is 12.2. The van der Waals surface area contributed by atoms with Crippen LogP contribution >= 0.6 is 7.26 Å². The van der Waals surface area contributed by atoms with Gasteiger partial charge in [-0.15, -0.1) is 0 Å². The standard InChI is InChI=1S/C30H36P/c1-26(2)16-15-18-27(3)17-13-14-25-31(28-19-7-4-8-20-28,29-21-9-5-10-22-29)30-23-11-6-12-24-30/h4-14,16,19-24,27H,15,17-18,25H2,1-3H3/q+1/b14-13+. The van der Waals surface area contributed by atoms with Gasteiger partial charge in [0.1, 0.15) is 23.2 Å². The van der Waals surface area contributed by atoms with Crippen LogP contribution in [0.5, 0.6) is 0 Å². The molecule has 160 valence electrons. The topological polar surface area (TPSA) is 0 Å². The molecule has 0 N–H and O–H groups in total. The van der Waals surface area contributed by atoms with Crippen molar-refractivity contribution in [3.05, 3.63) is 115 Å². The molecule has 0 fully saturated rings. The van der Waals surface area contributed by atoms with E-state index in [0.29, 0.717) is 5.92 Å². The maximum atomic E-state index is 2.46. The lowest BCUT2D eigenvalue weighted by Gasteiger charge is -2.26. The fourth-order valence-electron chi connectivity index (χ4n) is 4.15. The predicted octanol–water partition coefficient (Wildman–Crippen LogP) is 7.31. The van der Waals surface area contributed by atoms with Crippen molar-refractivity contribution in [2.75, 3.05) is 6.16 Å². The zero-order chi connectivity index (χ0) is 21.9.